The van der Waals surface area contributed by atoms with Crippen molar-refractivity contribution in [3.63, 3.8) is 0 Å². The van der Waals surface area contributed by atoms with Crippen molar-refractivity contribution in [3.8, 4) is 43.1 Å². The first kappa shape index (κ1) is 46.7. The van der Waals surface area contributed by atoms with Gasteiger partial charge in [-0.1, -0.05) is 163 Å². The zero-order chi connectivity index (χ0) is 37.6. The molecule has 0 spiro atoms. The first-order valence-corrected chi connectivity index (χ1v) is 21.8. The number of hydrogen-bond donors (Lipinski definition) is 0. The van der Waals surface area contributed by atoms with Crippen molar-refractivity contribution in [3.05, 3.63) is 154 Å². The van der Waals surface area contributed by atoms with E-state index in [-0.39, 0.29) is 51.0 Å². The SMILES string of the molecule is CCCc1ccc(-c2cc3c(-c4ccc(C(C)CC)cc4)cccc3[cH-]2)s1.CCCc1ccc(-c2cc3c(-c4ccc(C(C)CC)cc4)cccc3[cH-]2)s1.[Cl-].[Cl-].[Zr+4]. The van der Waals surface area contributed by atoms with Crippen LogP contribution in [0.4, 0.5) is 0 Å². The van der Waals surface area contributed by atoms with Gasteiger partial charge < -0.3 is 24.8 Å². The van der Waals surface area contributed by atoms with E-state index >= 15 is 0 Å². The van der Waals surface area contributed by atoms with E-state index in [4.69, 9.17) is 0 Å². The second kappa shape index (κ2) is 21.8. The summed E-state index contributed by atoms with van der Waals surface area (Å²) >= 11 is 3.87. The zero-order valence-electron chi connectivity index (χ0n) is 34.2. The van der Waals surface area contributed by atoms with Crippen LogP contribution in [0, 0.1) is 0 Å². The Balaban J connectivity index is 0.000000240. The molecule has 292 valence electrons. The number of halogens is 2. The molecule has 0 amide bonds. The monoisotopic (exact) mass is 902 g/mol. The molecular formula is C52H54Cl2S2Zr. The number of aryl methyl sites for hydroxylation is 2. The van der Waals surface area contributed by atoms with E-state index in [1.807, 2.05) is 22.7 Å². The number of rotatable bonds is 12. The Kier molecular flexibility index (Phi) is 17.9. The minimum Gasteiger partial charge on any atom is -1.00 e. The van der Waals surface area contributed by atoms with E-state index < -0.39 is 0 Å². The Labute approximate surface area is 381 Å². The summed E-state index contributed by atoms with van der Waals surface area (Å²) in [6, 6.07) is 50.2. The van der Waals surface area contributed by atoms with Crippen molar-refractivity contribution in [2.45, 2.75) is 91.9 Å². The number of hydrogen-bond acceptors (Lipinski definition) is 2. The first-order chi connectivity index (χ1) is 26.4. The topological polar surface area (TPSA) is 0 Å². The van der Waals surface area contributed by atoms with Crippen LogP contribution in [-0.4, -0.2) is 0 Å². The van der Waals surface area contributed by atoms with E-state index in [1.54, 1.807) is 0 Å². The van der Waals surface area contributed by atoms with E-state index in [1.165, 1.54) is 124 Å². The molecule has 0 fully saturated rings. The van der Waals surface area contributed by atoms with Crippen molar-refractivity contribution >= 4 is 44.2 Å². The van der Waals surface area contributed by atoms with E-state index in [9.17, 15) is 0 Å². The van der Waals surface area contributed by atoms with Gasteiger partial charge in [-0.05, 0) is 79.3 Å². The summed E-state index contributed by atoms with van der Waals surface area (Å²) in [4.78, 5) is 5.73. The minimum absolute atomic E-state index is 0. The third-order valence-electron chi connectivity index (χ3n) is 11.2. The van der Waals surface area contributed by atoms with E-state index in [0.717, 1.165) is 0 Å². The van der Waals surface area contributed by atoms with Crippen LogP contribution in [0.3, 0.4) is 0 Å². The van der Waals surface area contributed by atoms with Gasteiger partial charge in [0, 0.05) is 0 Å². The van der Waals surface area contributed by atoms with E-state index in [2.05, 4.69) is 175 Å². The van der Waals surface area contributed by atoms with Crippen LogP contribution in [0.1, 0.15) is 99.9 Å². The van der Waals surface area contributed by atoms with Crippen molar-refractivity contribution in [1.82, 2.24) is 0 Å². The maximum Gasteiger partial charge on any atom is 4.00 e. The molecule has 0 saturated heterocycles. The summed E-state index contributed by atoms with van der Waals surface area (Å²) in [6.07, 6.45) is 7.14. The molecule has 8 aromatic rings. The molecule has 57 heavy (non-hydrogen) atoms. The molecular weight excluding hydrogens is 851 g/mol. The predicted octanol–water partition coefficient (Wildman–Crippen LogP) is 10.8. The fraction of sp³-hybridized carbons (Fsp3) is 0.269. The maximum absolute atomic E-state index is 2.37. The number of benzene rings is 4. The van der Waals surface area contributed by atoms with Crippen LogP contribution in [0.5, 0.6) is 0 Å². The van der Waals surface area contributed by atoms with Gasteiger partial charge in [-0.2, -0.15) is 22.7 Å². The number of fused-ring (bicyclic) bond motifs is 2. The van der Waals surface area contributed by atoms with Crippen molar-refractivity contribution in [1.29, 1.82) is 0 Å². The fourth-order valence-corrected chi connectivity index (χ4v) is 9.73. The van der Waals surface area contributed by atoms with Crippen molar-refractivity contribution in [2.24, 2.45) is 0 Å². The minimum atomic E-state index is 0. The molecule has 0 N–H and O–H groups in total. The smallest absolute Gasteiger partial charge is 1.00 e. The first-order valence-electron chi connectivity index (χ1n) is 20.2. The Morgan fingerprint density at radius 2 is 0.877 bits per heavy atom. The molecule has 2 aromatic heterocycles. The Morgan fingerprint density at radius 3 is 1.23 bits per heavy atom. The quantitative estimate of drug-likeness (QED) is 0.107. The van der Waals surface area contributed by atoms with Gasteiger partial charge >= 0.3 is 26.2 Å². The van der Waals surface area contributed by atoms with Crippen LogP contribution in [0.2, 0.25) is 0 Å². The molecule has 0 radical (unpaired) electrons. The molecule has 8 rings (SSSR count). The second-order valence-corrected chi connectivity index (χ2v) is 17.3. The van der Waals surface area contributed by atoms with Crippen LogP contribution >= 0.6 is 22.7 Å². The largest absolute Gasteiger partial charge is 4.00 e. The molecule has 0 aliphatic heterocycles. The van der Waals surface area contributed by atoms with Gasteiger partial charge in [0.2, 0.25) is 0 Å². The Hall–Kier alpha value is -3.04. The number of thiophene rings is 2. The summed E-state index contributed by atoms with van der Waals surface area (Å²) < 4.78 is 0. The average molecular weight is 905 g/mol. The van der Waals surface area contributed by atoms with E-state index in [0.29, 0.717) is 11.8 Å². The third kappa shape index (κ3) is 10.8. The van der Waals surface area contributed by atoms with Gasteiger partial charge in [0.15, 0.2) is 0 Å². The summed E-state index contributed by atoms with van der Waals surface area (Å²) in [5, 5.41) is 5.38. The Bertz CT molecular complexity index is 2250. The molecule has 0 aliphatic rings. The van der Waals surface area contributed by atoms with Gasteiger partial charge in [0.05, 0.1) is 0 Å². The molecule has 0 nitrogen and oxygen atoms in total. The van der Waals surface area contributed by atoms with Crippen molar-refractivity contribution < 1.29 is 51.0 Å². The van der Waals surface area contributed by atoms with Crippen LogP contribution in [0.25, 0.3) is 64.7 Å². The molecule has 0 bridgehead atoms. The van der Waals surface area contributed by atoms with Gasteiger partial charge in [-0.25, -0.2) is 0 Å². The Morgan fingerprint density at radius 1 is 0.491 bits per heavy atom. The third-order valence-corrected chi connectivity index (χ3v) is 13.6. The van der Waals surface area contributed by atoms with Gasteiger partial charge in [-0.15, -0.1) is 69.1 Å². The normalized spacial score (nSPS) is 11.9. The summed E-state index contributed by atoms with van der Waals surface area (Å²) in [5.41, 5.74) is 10.8. The molecule has 2 unspecified atom stereocenters. The molecule has 5 heteroatoms. The van der Waals surface area contributed by atoms with Gasteiger partial charge in [0.1, 0.15) is 0 Å². The zero-order valence-corrected chi connectivity index (χ0v) is 39.8. The molecule has 0 aliphatic carbocycles. The standard InChI is InChI=1S/2C26H27S.2ClH.Zr/c2*1-4-7-23-14-15-26(27-23)22-16-21-8-6-9-24(25(21)17-22)20-12-10-19(11-13-20)18(3)5-2;;;/h2*6,8-18H,4-5,7H2,1-3H3;2*1H;/q2*-1;;;+4/p-2. The molecule has 2 atom stereocenters. The molecule has 6 aromatic carbocycles. The van der Waals surface area contributed by atoms with Crippen LogP contribution in [0.15, 0.2) is 133 Å². The van der Waals surface area contributed by atoms with Crippen LogP contribution < -0.4 is 24.8 Å². The second-order valence-electron chi connectivity index (χ2n) is 15.0. The van der Waals surface area contributed by atoms with Gasteiger partial charge in [-0.3, -0.25) is 0 Å². The summed E-state index contributed by atoms with van der Waals surface area (Å²) in [5.74, 6) is 1.24. The fourth-order valence-electron chi connectivity index (χ4n) is 7.54. The van der Waals surface area contributed by atoms with Gasteiger partial charge in [0.25, 0.3) is 0 Å². The average Bonchev–Trinajstić information content (AvgIpc) is 4.04. The molecule has 0 saturated carbocycles. The molecule has 2 heterocycles. The predicted molar refractivity (Wildman–Crippen MR) is 242 cm³/mol. The maximum atomic E-state index is 2.37. The summed E-state index contributed by atoms with van der Waals surface area (Å²) in [7, 11) is 0. The van der Waals surface area contributed by atoms with Crippen LogP contribution in [-0.2, 0) is 39.0 Å². The summed E-state index contributed by atoms with van der Waals surface area (Å²) in [6.45, 7) is 13.6. The van der Waals surface area contributed by atoms with Crippen molar-refractivity contribution in [2.75, 3.05) is 0 Å².